The maximum Gasteiger partial charge on any atom is 0.246 e. The fourth-order valence-corrected chi connectivity index (χ4v) is 4.51. The standard InChI is InChI=1S/C24H23FN8O2/c1-4-21(34)32-10-15(8-16(32)11-35-3)33-24-22(23(26)27-12-28-24)18(30-33)6-5-14-7-19-20(9-17(14)25)31(2)13-29-19/h4,7,9,12-13,15-16H,1,8,10-11H2,2-3H3,(H2,26,27,28)/t15-,16+/m0/s1. The highest BCUT2D eigenvalue weighted by atomic mass is 19.1. The first kappa shape index (κ1) is 22.5. The summed E-state index contributed by atoms with van der Waals surface area (Å²) in [6, 6.07) is 2.68. The Morgan fingerprint density at radius 2 is 2.17 bits per heavy atom. The molecule has 3 aromatic heterocycles. The summed E-state index contributed by atoms with van der Waals surface area (Å²) in [6.07, 6.45) is 4.87. The van der Waals surface area contributed by atoms with E-state index in [4.69, 9.17) is 10.5 Å². The van der Waals surface area contributed by atoms with Crippen molar-refractivity contribution >= 4 is 33.8 Å². The third-order valence-corrected chi connectivity index (χ3v) is 6.20. The summed E-state index contributed by atoms with van der Waals surface area (Å²) in [6.45, 7) is 4.38. The molecule has 10 nitrogen and oxygen atoms in total. The van der Waals surface area contributed by atoms with E-state index in [2.05, 4.69) is 38.5 Å². The van der Waals surface area contributed by atoms with Gasteiger partial charge in [0.05, 0.1) is 47.0 Å². The number of nitrogens with two attached hydrogens (primary N) is 1. The SMILES string of the molecule is C=CC(=O)N1C[C@@H](n2nc(C#Cc3cc4ncn(C)c4cc3F)c3c(N)ncnc32)C[C@@H]1COC. The highest BCUT2D eigenvalue weighted by Gasteiger charge is 2.37. The maximum absolute atomic E-state index is 14.7. The summed E-state index contributed by atoms with van der Waals surface area (Å²) in [5, 5.41) is 5.15. The second kappa shape index (κ2) is 8.81. The van der Waals surface area contributed by atoms with Crippen LogP contribution in [0.3, 0.4) is 0 Å². The number of methoxy groups -OCH3 is 1. The second-order valence-electron chi connectivity index (χ2n) is 8.37. The number of anilines is 1. The zero-order valence-electron chi connectivity index (χ0n) is 19.3. The predicted octanol–water partition coefficient (Wildman–Crippen LogP) is 1.81. The van der Waals surface area contributed by atoms with Crippen molar-refractivity contribution in [3.05, 3.63) is 54.5 Å². The number of fused-ring (bicyclic) bond motifs is 2. The molecule has 0 radical (unpaired) electrons. The van der Waals surface area contributed by atoms with E-state index in [-0.39, 0.29) is 29.4 Å². The molecule has 4 aromatic rings. The number of hydrogen-bond donors (Lipinski definition) is 1. The lowest BCUT2D eigenvalue weighted by Crippen LogP contribution is -2.37. The number of hydrogen-bond acceptors (Lipinski definition) is 7. The van der Waals surface area contributed by atoms with Gasteiger partial charge < -0.3 is 19.9 Å². The topological polar surface area (TPSA) is 117 Å². The minimum atomic E-state index is -0.460. The Morgan fingerprint density at radius 1 is 1.34 bits per heavy atom. The fraction of sp³-hybridized carbons (Fsp3) is 0.292. The Balaban J connectivity index is 1.57. The van der Waals surface area contributed by atoms with E-state index in [0.717, 1.165) is 0 Å². The number of amides is 1. The molecule has 4 heterocycles. The van der Waals surface area contributed by atoms with Crippen molar-refractivity contribution in [2.75, 3.05) is 26.0 Å². The maximum atomic E-state index is 14.7. The number of nitrogen functional groups attached to an aromatic ring is 1. The van der Waals surface area contributed by atoms with E-state index in [0.29, 0.717) is 47.3 Å². The van der Waals surface area contributed by atoms with Crippen LogP contribution in [0.4, 0.5) is 10.2 Å². The normalized spacial score (nSPS) is 17.6. The molecule has 1 fully saturated rings. The summed E-state index contributed by atoms with van der Waals surface area (Å²) in [4.78, 5) is 26.8. The summed E-state index contributed by atoms with van der Waals surface area (Å²) in [5.74, 6) is 5.38. The van der Waals surface area contributed by atoms with Gasteiger partial charge in [-0.15, -0.1) is 0 Å². The highest BCUT2D eigenvalue weighted by Crippen LogP contribution is 2.32. The number of carbonyl (C=O) groups excluding carboxylic acids is 1. The van der Waals surface area contributed by atoms with E-state index >= 15 is 0 Å². The van der Waals surface area contributed by atoms with Crippen LogP contribution in [0.15, 0.2) is 37.4 Å². The van der Waals surface area contributed by atoms with Gasteiger partial charge in [-0.1, -0.05) is 12.5 Å². The molecule has 2 N–H and O–H groups in total. The van der Waals surface area contributed by atoms with Crippen molar-refractivity contribution in [1.82, 2.24) is 34.2 Å². The van der Waals surface area contributed by atoms with Crippen molar-refractivity contribution in [3.63, 3.8) is 0 Å². The van der Waals surface area contributed by atoms with Crippen molar-refractivity contribution in [3.8, 4) is 11.8 Å². The van der Waals surface area contributed by atoms with E-state index in [1.807, 2.05) is 0 Å². The van der Waals surface area contributed by atoms with Crippen LogP contribution in [-0.4, -0.2) is 66.4 Å². The van der Waals surface area contributed by atoms with Crippen LogP contribution in [0.2, 0.25) is 0 Å². The van der Waals surface area contributed by atoms with Crippen LogP contribution >= 0.6 is 0 Å². The first-order valence-electron chi connectivity index (χ1n) is 10.9. The lowest BCUT2D eigenvalue weighted by molar-refractivity contribution is -0.127. The molecule has 1 aliphatic rings. The molecular weight excluding hydrogens is 451 g/mol. The smallest absolute Gasteiger partial charge is 0.246 e. The molecule has 0 unspecified atom stereocenters. The van der Waals surface area contributed by atoms with Gasteiger partial charge in [0.2, 0.25) is 5.91 Å². The number of aromatic nitrogens is 6. The summed E-state index contributed by atoms with van der Waals surface area (Å²) in [5.41, 5.74) is 8.49. The monoisotopic (exact) mass is 474 g/mol. The van der Waals surface area contributed by atoms with Gasteiger partial charge in [0, 0.05) is 26.8 Å². The van der Waals surface area contributed by atoms with Gasteiger partial charge >= 0.3 is 0 Å². The molecular formula is C24H23FN8O2. The van der Waals surface area contributed by atoms with E-state index in [1.165, 1.54) is 18.5 Å². The number of carbonyl (C=O) groups is 1. The number of likely N-dealkylation sites (tertiary alicyclic amines) is 1. The molecule has 35 heavy (non-hydrogen) atoms. The second-order valence-corrected chi connectivity index (χ2v) is 8.37. The zero-order valence-corrected chi connectivity index (χ0v) is 19.3. The largest absolute Gasteiger partial charge is 0.383 e. The lowest BCUT2D eigenvalue weighted by atomic mass is 10.1. The van der Waals surface area contributed by atoms with Gasteiger partial charge in [-0.2, -0.15) is 5.10 Å². The zero-order chi connectivity index (χ0) is 24.7. The molecule has 2 atom stereocenters. The van der Waals surface area contributed by atoms with Crippen LogP contribution in [0.25, 0.3) is 22.1 Å². The molecule has 0 saturated carbocycles. The molecule has 0 spiro atoms. The van der Waals surface area contributed by atoms with Crippen LogP contribution in [0.5, 0.6) is 0 Å². The molecule has 178 valence electrons. The minimum Gasteiger partial charge on any atom is -0.383 e. The van der Waals surface area contributed by atoms with Crippen LogP contribution in [-0.2, 0) is 16.6 Å². The first-order chi connectivity index (χ1) is 16.9. The summed E-state index contributed by atoms with van der Waals surface area (Å²) < 4.78 is 23.5. The first-order valence-corrected chi connectivity index (χ1v) is 10.9. The van der Waals surface area contributed by atoms with Crippen LogP contribution < -0.4 is 5.73 Å². The third kappa shape index (κ3) is 3.87. The lowest BCUT2D eigenvalue weighted by Gasteiger charge is -2.22. The Kier molecular flexibility index (Phi) is 5.66. The molecule has 5 rings (SSSR count). The van der Waals surface area contributed by atoms with Gasteiger partial charge in [0.15, 0.2) is 5.65 Å². The van der Waals surface area contributed by atoms with Crippen molar-refractivity contribution in [1.29, 1.82) is 0 Å². The van der Waals surface area contributed by atoms with Gasteiger partial charge in [-0.05, 0) is 24.5 Å². The Labute approximate surface area is 200 Å². The van der Waals surface area contributed by atoms with Crippen molar-refractivity contribution in [2.45, 2.75) is 18.5 Å². The van der Waals surface area contributed by atoms with Crippen LogP contribution in [0.1, 0.15) is 23.7 Å². The highest BCUT2D eigenvalue weighted by molar-refractivity contribution is 5.91. The number of rotatable bonds is 4. The molecule has 0 aliphatic carbocycles. The number of ether oxygens (including phenoxy) is 1. The van der Waals surface area contributed by atoms with Crippen molar-refractivity contribution < 1.29 is 13.9 Å². The number of benzene rings is 1. The Morgan fingerprint density at radius 3 is 2.94 bits per heavy atom. The average Bonchev–Trinajstić information content (AvgIpc) is 3.54. The van der Waals surface area contributed by atoms with Crippen LogP contribution in [0, 0.1) is 17.7 Å². The van der Waals surface area contributed by atoms with Gasteiger partial charge in [0.25, 0.3) is 0 Å². The number of aryl methyl sites for hydroxylation is 1. The van der Waals surface area contributed by atoms with Gasteiger partial charge in [0.1, 0.15) is 23.7 Å². The predicted molar refractivity (Wildman–Crippen MR) is 128 cm³/mol. The number of halogens is 1. The third-order valence-electron chi connectivity index (χ3n) is 6.20. The van der Waals surface area contributed by atoms with Gasteiger partial charge in [-0.3, -0.25) is 4.79 Å². The number of imidazole rings is 1. The van der Waals surface area contributed by atoms with E-state index < -0.39 is 5.82 Å². The van der Waals surface area contributed by atoms with E-state index in [9.17, 15) is 9.18 Å². The summed E-state index contributed by atoms with van der Waals surface area (Å²) >= 11 is 0. The molecule has 1 aliphatic heterocycles. The van der Waals surface area contributed by atoms with Gasteiger partial charge in [-0.25, -0.2) is 24.0 Å². The molecule has 1 aromatic carbocycles. The molecule has 11 heteroatoms. The summed E-state index contributed by atoms with van der Waals surface area (Å²) in [7, 11) is 3.39. The average molecular weight is 475 g/mol. The molecule has 0 bridgehead atoms. The number of nitrogens with zero attached hydrogens (tertiary/aromatic N) is 7. The van der Waals surface area contributed by atoms with E-state index in [1.54, 1.807) is 40.7 Å². The Hall–Kier alpha value is -4.30. The molecule has 1 saturated heterocycles. The van der Waals surface area contributed by atoms with Crippen molar-refractivity contribution in [2.24, 2.45) is 7.05 Å². The fourth-order valence-electron chi connectivity index (χ4n) is 4.51. The minimum absolute atomic E-state index is 0.136. The quantitative estimate of drug-likeness (QED) is 0.354. The molecule has 1 amide bonds. The Bertz CT molecular complexity index is 1530.